The third-order valence-electron chi connectivity index (χ3n) is 2.37. The molecule has 6 heteroatoms. The van der Waals surface area contributed by atoms with Crippen LogP contribution in [0.1, 0.15) is 19.2 Å². The number of thioether (sulfide) groups is 1. The van der Waals surface area contributed by atoms with E-state index < -0.39 is 0 Å². The highest BCUT2D eigenvalue weighted by Crippen LogP contribution is 2.19. The first-order valence-electron chi connectivity index (χ1n) is 5.89. The molecule has 0 aliphatic rings. The van der Waals surface area contributed by atoms with Gasteiger partial charge in [-0.1, -0.05) is 6.92 Å². The van der Waals surface area contributed by atoms with Crippen molar-refractivity contribution >= 4 is 17.6 Å². The van der Waals surface area contributed by atoms with Crippen molar-refractivity contribution in [2.24, 2.45) is 7.05 Å². The lowest BCUT2D eigenvalue weighted by atomic mass is 10.2. The molecule has 0 atom stereocenters. The molecule has 2 N–H and O–H groups in total. The quantitative estimate of drug-likeness (QED) is 0.837. The van der Waals surface area contributed by atoms with Crippen molar-refractivity contribution in [3.63, 3.8) is 0 Å². The number of hydrogen-bond donors (Lipinski definition) is 1. The smallest absolute Gasteiger partial charge is 0.141 e. The average molecular weight is 263 g/mol. The highest BCUT2D eigenvalue weighted by molar-refractivity contribution is 7.98. The number of nitrogens with zero attached hydrogens (tertiary/aromatic N) is 4. The van der Waals surface area contributed by atoms with Gasteiger partial charge in [0.2, 0.25) is 0 Å². The Morgan fingerprint density at radius 3 is 2.89 bits per heavy atom. The number of anilines is 1. The van der Waals surface area contributed by atoms with Crippen LogP contribution in [0.5, 0.6) is 0 Å². The Morgan fingerprint density at radius 2 is 2.22 bits per heavy atom. The standard InChI is InChI=1S/C12H17N5S/c1-3-4-18-8-12-15-10(5-11(13)16-12)9-6-14-17(2)7-9/h5-7H,3-4,8H2,1-2H3,(H2,13,15,16). The van der Waals surface area contributed by atoms with Crippen LogP contribution in [0, 0.1) is 0 Å². The number of aryl methyl sites for hydroxylation is 1. The molecule has 2 rings (SSSR count). The first-order valence-corrected chi connectivity index (χ1v) is 7.04. The van der Waals surface area contributed by atoms with Crippen molar-refractivity contribution in [2.45, 2.75) is 19.1 Å². The molecule has 2 aromatic rings. The average Bonchev–Trinajstić information content (AvgIpc) is 2.76. The zero-order valence-corrected chi connectivity index (χ0v) is 11.4. The summed E-state index contributed by atoms with van der Waals surface area (Å²) in [6.07, 6.45) is 4.86. The number of nitrogens with two attached hydrogens (primary N) is 1. The number of aromatic nitrogens is 4. The maximum atomic E-state index is 5.82. The van der Waals surface area contributed by atoms with Gasteiger partial charge in [0.25, 0.3) is 0 Å². The van der Waals surface area contributed by atoms with Gasteiger partial charge >= 0.3 is 0 Å². The molecule has 0 saturated carbocycles. The second-order valence-corrected chi connectivity index (χ2v) is 5.15. The molecule has 2 aromatic heterocycles. The molecule has 0 spiro atoms. The molecular formula is C12H17N5S. The van der Waals surface area contributed by atoms with Crippen LogP contribution in [0.25, 0.3) is 11.3 Å². The molecule has 0 saturated heterocycles. The summed E-state index contributed by atoms with van der Waals surface area (Å²) in [4.78, 5) is 8.78. The predicted octanol–water partition coefficient (Wildman–Crippen LogP) is 2.10. The zero-order valence-electron chi connectivity index (χ0n) is 10.6. The topological polar surface area (TPSA) is 69.6 Å². The lowest BCUT2D eigenvalue weighted by Crippen LogP contribution is -2.00. The third-order valence-corrected chi connectivity index (χ3v) is 3.53. The molecule has 96 valence electrons. The van der Waals surface area contributed by atoms with Crippen molar-refractivity contribution in [1.29, 1.82) is 0 Å². The normalized spacial score (nSPS) is 10.8. The van der Waals surface area contributed by atoms with E-state index in [0.717, 1.165) is 35.0 Å². The maximum Gasteiger partial charge on any atom is 0.141 e. The van der Waals surface area contributed by atoms with E-state index in [-0.39, 0.29) is 0 Å². The van der Waals surface area contributed by atoms with Gasteiger partial charge < -0.3 is 5.73 Å². The predicted molar refractivity (Wildman–Crippen MR) is 75.1 cm³/mol. The Labute approximate surface area is 111 Å². The van der Waals surface area contributed by atoms with Crippen LogP contribution in [0.2, 0.25) is 0 Å². The van der Waals surface area contributed by atoms with E-state index in [1.807, 2.05) is 25.0 Å². The summed E-state index contributed by atoms with van der Waals surface area (Å²) in [5.41, 5.74) is 7.62. The van der Waals surface area contributed by atoms with Gasteiger partial charge in [-0.3, -0.25) is 4.68 Å². The molecule has 0 radical (unpaired) electrons. The van der Waals surface area contributed by atoms with Crippen molar-refractivity contribution < 1.29 is 0 Å². The summed E-state index contributed by atoms with van der Waals surface area (Å²) >= 11 is 1.82. The molecule has 0 amide bonds. The first-order chi connectivity index (χ1) is 8.69. The van der Waals surface area contributed by atoms with Crippen LogP contribution in [-0.2, 0) is 12.8 Å². The first kappa shape index (κ1) is 12.9. The molecule has 0 aliphatic carbocycles. The van der Waals surface area contributed by atoms with Gasteiger partial charge in [-0.05, 0) is 12.2 Å². The van der Waals surface area contributed by atoms with Crippen molar-refractivity contribution in [2.75, 3.05) is 11.5 Å². The number of nitrogen functional groups attached to an aromatic ring is 1. The third kappa shape index (κ3) is 3.22. The van der Waals surface area contributed by atoms with E-state index in [1.165, 1.54) is 0 Å². The van der Waals surface area contributed by atoms with Crippen LogP contribution < -0.4 is 5.73 Å². The van der Waals surface area contributed by atoms with Gasteiger partial charge in [0, 0.05) is 24.9 Å². The highest BCUT2D eigenvalue weighted by atomic mass is 32.2. The molecule has 2 heterocycles. The summed E-state index contributed by atoms with van der Waals surface area (Å²) in [6.45, 7) is 2.16. The molecular weight excluding hydrogens is 246 g/mol. The van der Waals surface area contributed by atoms with Crippen LogP contribution in [0.15, 0.2) is 18.5 Å². The second kappa shape index (κ2) is 5.86. The van der Waals surface area contributed by atoms with Gasteiger partial charge in [0.1, 0.15) is 11.6 Å². The lowest BCUT2D eigenvalue weighted by molar-refractivity contribution is 0.768. The van der Waals surface area contributed by atoms with E-state index in [0.29, 0.717) is 5.82 Å². The summed E-state index contributed by atoms with van der Waals surface area (Å²) in [6, 6.07) is 1.78. The van der Waals surface area contributed by atoms with Crippen LogP contribution in [0.3, 0.4) is 0 Å². The Kier molecular flexibility index (Phi) is 4.19. The van der Waals surface area contributed by atoms with Crippen LogP contribution in [0.4, 0.5) is 5.82 Å². The SMILES string of the molecule is CCCSCc1nc(N)cc(-c2cnn(C)c2)n1. The Morgan fingerprint density at radius 1 is 1.39 bits per heavy atom. The fraction of sp³-hybridized carbons (Fsp3) is 0.417. The Balaban J connectivity index is 2.21. The van der Waals surface area contributed by atoms with E-state index in [9.17, 15) is 0 Å². The fourth-order valence-corrected chi connectivity index (χ4v) is 2.34. The van der Waals surface area contributed by atoms with E-state index >= 15 is 0 Å². The minimum atomic E-state index is 0.510. The fourth-order valence-electron chi connectivity index (χ4n) is 1.59. The van der Waals surface area contributed by atoms with Crippen LogP contribution in [-0.4, -0.2) is 25.5 Å². The van der Waals surface area contributed by atoms with E-state index in [1.54, 1.807) is 16.9 Å². The molecule has 0 aliphatic heterocycles. The highest BCUT2D eigenvalue weighted by Gasteiger charge is 2.06. The maximum absolute atomic E-state index is 5.82. The Bertz CT molecular complexity index is 523. The van der Waals surface area contributed by atoms with Crippen molar-refractivity contribution in [3.8, 4) is 11.3 Å². The number of rotatable bonds is 5. The van der Waals surface area contributed by atoms with Gasteiger partial charge in [-0.2, -0.15) is 16.9 Å². The lowest BCUT2D eigenvalue weighted by Gasteiger charge is -2.04. The van der Waals surface area contributed by atoms with Gasteiger partial charge in [0.05, 0.1) is 17.6 Å². The van der Waals surface area contributed by atoms with Gasteiger partial charge in [-0.25, -0.2) is 9.97 Å². The zero-order chi connectivity index (χ0) is 13.0. The summed E-state index contributed by atoms with van der Waals surface area (Å²) in [7, 11) is 1.88. The van der Waals surface area contributed by atoms with Gasteiger partial charge in [-0.15, -0.1) is 0 Å². The molecule has 0 aromatic carbocycles. The summed E-state index contributed by atoms with van der Waals surface area (Å²) < 4.78 is 1.75. The molecule has 5 nitrogen and oxygen atoms in total. The van der Waals surface area contributed by atoms with Crippen molar-refractivity contribution in [3.05, 3.63) is 24.3 Å². The monoisotopic (exact) mass is 263 g/mol. The minimum absolute atomic E-state index is 0.510. The number of hydrogen-bond acceptors (Lipinski definition) is 5. The van der Waals surface area contributed by atoms with Gasteiger partial charge in [0.15, 0.2) is 0 Å². The minimum Gasteiger partial charge on any atom is -0.384 e. The summed E-state index contributed by atoms with van der Waals surface area (Å²) in [5, 5.41) is 4.14. The van der Waals surface area contributed by atoms with E-state index in [4.69, 9.17) is 5.73 Å². The van der Waals surface area contributed by atoms with Crippen LogP contribution >= 0.6 is 11.8 Å². The second-order valence-electron chi connectivity index (χ2n) is 4.05. The molecule has 0 unspecified atom stereocenters. The summed E-state index contributed by atoms with van der Waals surface area (Å²) in [5.74, 6) is 3.20. The van der Waals surface area contributed by atoms with E-state index in [2.05, 4.69) is 22.0 Å². The largest absolute Gasteiger partial charge is 0.384 e. The molecule has 0 bridgehead atoms. The Hall–Kier alpha value is -1.56. The molecule has 18 heavy (non-hydrogen) atoms. The molecule has 0 fully saturated rings. The van der Waals surface area contributed by atoms with Crippen molar-refractivity contribution in [1.82, 2.24) is 19.7 Å².